The van der Waals surface area contributed by atoms with E-state index < -0.39 is 0 Å². The molecular weight excluding hydrogens is 286 g/mol. The molecule has 0 aliphatic carbocycles. The van der Waals surface area contributed by atoms with Crippen molar-refractivity contribution in [2.45, 2.75) is 6.61 Å². The molecule has 1 N–H and O–H groups in total. The monoisotopic (exact) mass is 303 g/mol. The number of carbonyl (C=O) groups is 1. The van der Waals surface area contributed by atoms with Crippen LogP contribution in [-0.4, -0.2) is 5.91 Å². The van der Waals surface area contributed by atoms with Gasteiger partial charge >= 0.3 is 0 Å². The van der Waals surface area contributed by atoms with Crippen molar-refractivity contribution in [1.82, 2.24) is 0 Å². The van der Waals surface area contributed by atoms with Crippen LogP contribution in [0.25, 0.3) is 0 Å². The van der Waals surface area contributed by atoms with E-state index in [0.29, 0.717) is 12.2 Å². The Morgan fingerprint density at radius 1 is 0.783 bits per heavy atom. The first-order valence-electron chi connectivity index (χ1n) is 7.45. The van der Waals surface area contributed by atoms with Crippen LogP contribution in [0.15, 0.2) is 84.9 Å². The second-order valence-corrected chi connectivity index (χ2v) is 5.08. The van der Waals surface area contributed by atoms with Crippen LogP contribution in [0.1, 0.15) is 15.9 Å². The number of para-hydroxylation sites is 2. The van der Waals surface area contributed by atoms with Gasteiger partial charge in [-0.15, -0.1) is 0 Å². The molecule has 114 valence electrons. The Balaban J connectivity index is 1.73. The van der Waals surface area contributed by atoms with Gasteiger partial charge in [-0.2, -0.15) is 0 Å². The highest BCUT2D eigenvalue weighted by molar-refractivity contribution is 6.05. The Kier molecular flexibility index (Phi) is 4.69. The van der Waals surface area contributed by atoms with Crippen LogP contribution in [0, 0.1) is 0 Å². The number of nitrogens with one attached hydrogen (secondary N) is 1. The molecule has 0 saturated carbocycles. The van der Waals surface area contributed by atoms with Crippen LogP contribution in [0.5, 0.6) is 5.75 Å². The average Bonchev–Trinajstić information content (AvgIpc) is 2.62. The number of ether oxygens (including phenoxy) is 1. The highest BCUT2D eigenvalue weighted by Crippen LogP contribution is 2.16. The fourth-order valence-electron chi connectivity index (χ4n) is 2.27. The molecule has 0 heterocycles. The molecule has 0 radical (unpaired) electrons. The third-order valence-corrected chi connectivity index (χ3v) is 3.43. The number of hydrogen-bond donors (Lipinski definition) is 1. The van der Waals surface area contributed by atoms with Gasteiger partial charge in [0.25, 0.3) is 5.91 Å². The van der Waals surface area contributed by atoms with E-state index in [4.69, 9.17) is 4.74 Å². The molecule has 3 heteroatoms. The zero-order valence-corrected chi connectivity index (χ0v) is 12.6. The summed E-state index contributed by atoms with van der Waals surface area (Å²) in [5.74, 6) is 0.647. The van der Waals surface area contributed by atoms with Crippen LogP contribution in [0.2, 0.25) is 0 Å². The minimum Gasteiger partial charge on any atom is -0.489 e. The van der Waals surface area contributed by atoms with Crippen molar-refractivity contribution in [3.8, 4) is 5.75 Å². The van der Waals surface area contributed by atoms with E-state index in [0.717, 1.165) is 17.0 Å². The normalized spacial score (nSPS) is 10.1. The van der Waals surface area contributed by atoms with E-state index in [2.05, 4.69) is 5.32 Å². The van der Waals surface area contributed by atoms with Gasteiger partial charge in [0.1, 0.15) is 12.4 Å². The molecule has 0 aliphatic rings. The van der Waals surface area contributed by atoms with Crippen molar-refractivity contribution in [1.29, 1.82) is 0 Å². The van der Waals surface area contributed by atoms with Crippen LogP contribution in [0.3, 0.4) is 0 Å². The third-order valence-electron chi connectivity index (χ3n) is 3.43. The Morgan fingerprint density at radius 3 is 2.13 bits per heavy atom. The predicted octanol–water partition coefficient (Wildman–Crippen LogP) is 4.52. The first kappa shape index (κ1) is 14.9. The Hall–Kier alpha value is -3.07. The number of rotatable bonds is 5. The molecule has 0 unspecified atom stereocenters. The summed E-state index contributed by atoms with van der Waals surface area (Å²) in [4.78, 5) is 12.5. The first-order chi connectivity index (χ1) is 11.3. The summed E-state index contributed by atoms with van der Waals surface area (Å²) in [6.45, 7) is 0.350. The maximum atomic E-state index is 12.5. The molecule has 0 spiro atoms. The molecule has 0 atom stereocenters. The Labute approximate surface area is 135 Å². The van der Waals surface area contributed by atoms with Gasteiger partial charge in [-0.1, -0.05) is 54.6 Å². The van der Waals surface area contributed by atoms with Crippen LogP contribution < -0.4 is 10.1 Å². The van der Waals surface area contributed by atoms with Gasteiger partial charge in [0.2, 0.25) is 0 Å². The van der Waals surface area contributed by atoms with Crippen molar-refractivity contribution < 1.29 is 9.53 Å². The van der Waals surface area contributed by atoms with Gasteiger partial charge < -0.3 is 10.1 Å². The van der Waals surface area contributed by atoms with Gasteiger partial charge in [0.05, 0.1) is 0 Å². The lowest BCUT2D eigenvalue weighted by molar-refractivity contribution is 0.102. The molecule has 3 nitrogen and oxygen atoms in total. The lowest BCUT2D eigenvalue weighted by Gasteiger charge is -2.11. The molecular formula is C20H17NO2. The molecule has 0 bridgehead atoms. The molecule has 0 saturated heterocycles. The molecule has 3 aromatic rings. The highest BCUT2D eigenvalue weighted by atomic mass is 16.5. The number of carbonyl (C=O) groups excluding carboxylic acids is 1. The van der Waals surface area contributed by atoms with Crippen molar-refractivity contribution in [2.75, 3.05) is 5.32 Å². The molecule has 0 fully saturated rings. The lowest BCUT2D eigenvalue weighted by atomic mass is 10.1. The first-order valence-corrected chi connectivity index (χ1v) is 7.45. The van der Waals surface area contributed by atoms with Gasteiger partial charge in [0.15, 0.2) is 0 Å². The summed E-state index contributed by atoms with van der Waals surface area (Å²) in [7, 11) is 0. The predicted molar refractivity (Wildman–Crippen MR) is 91.6 cm³/mol. The second-order valence-electron chi connectivity index (χ2n) is 5.08. The molecule has 1 amide bonds. The average molecular weight is 303 g/mol. The minimum absolute atomic E-state index is 0.136. The van der Waals surface area contributed by atoms with E-state index >= 15 is 0 Å². The lowest BCUT2D eigenvalue weighted by Crippen LogP contribution is -2.15. The van der Waals surface area contributed by atoms with E-state index in [1.54, 1.807) is 0 Å². The fourth-order valence-corrected chi connectivity index (χ4v) is 2.27. The number of hydrogen-bond acceptors (Lipinski definition) is 2. The largest absolute Gasteiger partial charge is 0.489 e. The SMILES string of the molecule is O=C(Nc1ccccc1)c1ccccc1COc1ccccc1. The van der Waals surface area contributed by atoms with Crippen LogP contribution in [0.4, 0.5) is 5.69 Å². The van der Waals surface area contributed by atoms with E-state index in [1.165, 1.54) is 0 Å². The molecule has 0 aromatic heterocycles. The van der Waals surface area contributed by atoms with Crippen LogP contribution in [-0.2, 0) is 6.61 Å². The fraction of sp³-hybridized carbons (Fsp3) is 0.0500. The third kappa shape index (κ3) is 3.98. The second kappa shape index (κ2) is 7.27. The quantitative estimate of drug-likeness (QED) is 0.752. The van der Waals surface area contributed by atoms with Gasteiger partial charge in [-0.3, -0.25) is 4.79 Å². The minimum atomic E-state index is -0.136. The van der Waals surface area contributed by atoms with E-state index in [9.17, 15) is 4.79 Å². The topological polar surface area (TPSA) is 38.3 Å². The summed E-state index contributed by atoms with van der Waals surface area (Å²) in [5.41, 5.74) is 2.24. The van der Waals surface area contributed by atoms with Gasteiger partial charge in [0, 0.05) is 16.8 Å². The zero-order chi connectivity index (χ0) is 15.9. The summed E-state index contributed by atoms with van der Waals surface area (Å²) in [6, 6.07) is 26.5. The van der Waals surface area contributed by atoms with Crippen molar-refractivity contribution >= 4 is 11.6 Å². The van der Waals surface area contributed by atoms with E-state index in [1.807, 2.05) is 84.9 Å². The smallest absolute Gasteiger partial charge is 0.256 e. The number of benzene rings is 3. The number of anilines is 1. The van der Waals surface area contributed by atoms with Gasteiger partial charge in [-0.05, 0) is 30.3 Å². The van der Waals surface area contributed by atoms with Crippen molar-refractivity contribution in [3.05, 3.63) is 96.1 Å². The summed E-state index contributed by atoms with van der Waals surface area (Å²) in [5, 5.41) is 2.90. The Bertz CT molecular complexity index is 770. The van der Waals surface area contributed by atoms with E-state index in [-0.39, 0.29) is 5.91 Å². The van der Waals surface area contributed by atoms with Crippen molar-refractivity contribution in [2.24, 2.45) is 0 Å². The van der Waals surface area contributed by atoms with Crippen molar-refractivity contribution in [3.63, 3.8) is 0 Å². The summed E-state index contributed by atoms with van der Waals surface area (Å²) in [6.07, 6.45) is 0. The molecule has 0 aliphatic heterocycles. The number of amides is 1. The molecule has 3 aromatic carbocycles. The van der Waals surface area contributed by atoms with Crippen LogP contribution >= 0.6 is 0 Å². The molecule has 3 rings (SSSR count). The maximum absolute atomic E-state index is 12.5. The maximum Gasteiger partial charge on any atom is 0.256 e. The molecule has 23 heavy (non-hydrogen) atoms. The Morgan fingerprint density at radius 2 is 1.39 bits per heavy atom. The zero-order valence-electron chi connectivity index (χ0n) is 12.6. The summed E-state index contributed by atoms with van der Waals surface area (Å²) < 4.78 is 5.75. The standard InChI is InChI=1S/C20H17NO2/c22-20(21-17-10-3-1-4-11-17)19-14-8-7-9-16(19)15-23-18-12-5-2-6-13-18/h1-14H,15H2,(H,21,22). The summed E-state index contributed by atoms with van der Waals surface area (Å²) >= 11 is 0. The highest BCUT2D eigenvalue weighted by Gasteiger charge is 2.11. The van der Waals surface area contributed by atoms with Gasteiger partial charge in [-0.25, -0.2) is 0 Å².